The van der Waals surface area contributed by atoms with Gasteiger partial charge in [-0.1, -0.05) is 0 Å². The van der Waals surface area contributed by atoms with E-state index in [2.05, 4.69) is 4.90 Å². The van der Waals surface area contributed by atoms with Gasteiger partial charge in [0.25, 0.3) is 0 Å². The summed E-state index contributed by atoms with van der Waals surface area (Å²) >= 11 is 0. The van der Waals surface area contributed by atoms with Gasteiger partial charge in [0.2, 0.25) is 10.0 Å². The number of anilines is 2. The fourth-order valence-corrected chi connectivity index (χ4v) is 2.24. The number of hydrogen-bond acceptors (Lipinski definition) is 4. The Bertz CT molecular complexity index is 509. The number of nitrogens with zero attached hydrogens (tertiary/aromatic N) is 1. The van der Waals surface area contributed by atoms with Crippen LogP contribution in [0.2, 0.25) is 0 Å². The van der Waals surface area contributed by atoms with Crippen LogP contribution in [0.15, 0.2) is 23.1 Å². The minimum atomic E-state index is -3.67. The summed E-state index contributed by atoms with van der Waals surface area (Å²) < 4.78 is 22.2. The lowest BCUT2D eigenvalue weighted by Crippen LogP contribution is -2.21. The highest BCUT2D eigenvalue weighted by atomic mass is 32.2. The van der Waals surface area contributed by atoms with Crippen molar-refractivity contribution in [3.63, 3.8) is 0 Å². The minimum absolute atomic E-state index is 0.0537. The molecule has 16 heavy (non-hydrogen) atoms. The summed E-state index contributed by atoms with van der Waals surface area (Å²) in [5.41, 5.74) is 7.12. The molecule has 1 aliphatic rings. The van der Waals surface area contributed by atoms with Gasteiger partial charge in [-0.2, -0.15) is 0 Å². The number of nitrogen functional groups attached to an aromatic ring is 1. The zero-order valence-corrected chi connectivity index (χ0v) is 9.87. The van der Waals surface area contributed by atoms with Gasteiger partial charge in [-0.25, -0.2) is 13.6 Å². The molecule has 0 spiro atoms. The molecule has 0 aromatic heterocycles. The molecular formula is C10H15N3O2S. The first-order valence-electron chi connectivity index (χ1n) is 5.05. The first-order valence-corrected chi connectivity index (χ1v) is 6.59. The van der Waals surface area contributed by atoms with Gasteiger partial charge in [-0.05, 0) is 31.0 Å². The average molecular weight is 241 g/mol. The monoisotopic (exact) mass is 241 g/mol. The molecule has 1 aromatic rings. The predicted octanol–water partition coefficient (Wildman–Crippen LogP) is 0.515. The summed E-state index contributed by atoms with van der Waals surface area (Å²) in [6, 6.07) is 5.12. The SMILES string of the molecule is CN(c1ccc(S(N)(=O)=O)cc1N)C1CC1. The molecule has 0 radical (unpaired) electrons. The van der Waals surface area contributed by atoms with E-state index in [-0.39, 0.29) is 4.90 Å². The number of primary sulfonamides is 1. The maximum absolute atomic E-state index is 11.1. The molecule has 1 aliphatic carbocycles. The van der Waals surface area contributed by atoms with Crippen molar-refractivity contribution in [1.29, 1.82) is 0 Å². The Morgan fingerprint density at radius 2 is 2.00 bits per heavy atom. The quantitative estimate of drug-likeness (QED) is 0.755. The normalized spacial score (nSPS) is 16.1. The highest BCUT2D eigenvalue weighted by molar-refractivity contribution is 7.89. The maximum Gasteiger partial charge on any atom is 0.238 e. The summed E-state index contributed by atoms with van der Waals surface area (Å²) in [6.07, 6.45) is 2.32. The van der Waals surface area contributed by atoms with Crippen LogP contribution in [-0.2, 0) is 10.0 Å². The van der Waals surface area contributed by atoms with Gasteiger partial charge >= 0.3 is 0 Å². The molecule has 0 unspecified atom stereocenters. The molecule has 0 aliphatic heterocycles. The van der Waals surface area contributed by atoms with Gasteiger partial charge in [0.05, 0.1) is 16.3 Å². The van der Waals surface area contributed by atoms with Crippen molar-refractivity contribution in [1.82, 2.24) is 0 Å². The number of rotatable bonds is 3. The lowest BCUT2D eigenvalue weighted by molar-refractivity contribution is 0.598. The largest absolute Gasteiger partial charge is 0.397 e. The number of hydrogen-bond donors (Lipinski definition) is 2. The van der Waals surface area contributed by atoms with Crippen LogP contribution in [0.1, 0.15) is 12.8 Å². The number of benzene rings is 1. The molecule has 4 N–H and O–H groups in total. The summed E-state index contributed by atoms with van der Waals surface area (Å²) in [5, 5.41) is 5.03. The molecule has 0 amide bonds. The molecule has 88 valence electrons. The van der Waals surface area contributed by atoms with E-state index >= 15 is 0 Å². The van der Waals surface area contributed by atoms with E-state index < -0.39 is 10.0 Å². The summed E-state index contributed by atoms with van der Waals surface area (Å²) in [5.74, 6) is 0. The third-order valence-electron chi connectivity index (χ3n) is 2.80. The molecule has 1 saturated carbocycles. The van der Waals surface area contributed by atoms with E-state index in [4.69, 9.17) is 10.9 Å². The van der Waals surface area contributed by atoms with Crippen molar-refractivity contribution in [2.24, 2.45) is 5.14 Å². The van der Waals surface area contributed by atoms with Gasteiger partial charge in [-0.3, -0.25) is 0 Å². The van der Waals surface area contributed by atoms with Crippen LogP contribution in [0.3, 0.4) is 0 Å². The molecular weight excluding hydrogens is 226 g/mol. The van der Waals surface area contributed by atoms with Crippen LogP contribution in [0.4, 0.5) is 11.4 Å². The van der Waals surface area contributed by atoms with Crippen molar-refractivity contribution >= 4 is 21.4 Å². The van der Waals surface area contributed by atoms with Crippen LogP contribution in [0.5, 0.6) is 0 Å². The van der Waals surface area contributed by atoms with E-state index in [0.29, 0.717) is 11.7 Å². The fraction of sp³-hybridized carbons (Fsp3) is 0.400. The molecule has 1 aromatic carbocycles. The highest BCUT2D eigenvalue weighted by Crippen LogP contribution is 2.34. The highest BCUT2D eigenvalue weighted by Gasteiger charge is 2.27. The number of nitrogens with two attached hydrogens (primary N) is 2. The Labute approximate surface area is 95.1 Å². The zero-order valence-electron chi connectivity index (χ0n) is 9.05. The molecule has 0 bridgehead atoms. The summed E-state index contributed by atoms with van der Waals surface area (Å²) in [7, 11) is -1.71. The topological polar surface area (TPSA) is 89.4 Å². The van der Waals surface area contributed by atoms with E-state index in [1.54, 1.807) is 6.07 Å². The van der Waals surface area contributed by atoms with E-state index in [1.165, 1.54) is 12.1 Å². The van der Waals surface area contributed by atoms with Gasteiger partial charge in [-0.15, -0.1) is 0 Å². The fourth-order valence-electron chi connectivity index (χ4n) is 1.69. The van der Waals surface area contributed by atoms with Crippen molar-refractivity contribution in [2.45, 2.75) is 23.8 Å². The van der Waals surface area contributed by atoms with Gasteiger partial charge in [0.1, 0.15) is 0 Å². The average Bonchev–Trinajstić information content (AvgIpc) is 2.98. The Morgan fingerprint density at radius 3 is 2.44 bits per heavy atom. The molecule has 0 saturated heterocycles. The molecule has 0 heterocycles. The smallest absolute Gasteiger partial charge is 0.238 e. The van der Waals surface area contributed by atoms with Crippen molar-refractivity contribution in [3.8, 4) is 0 Å². The van der Waals surface area contributed by atoms with Gasteiger partial charge in [0.15, 0.2) is 0 Å². The first-order chi connectivity index (χ1) is 7.39. The summed E-state index contributed by atoms with van der Waals surface area (Å²) in [6.45, 7) is 0. The standard InChI is InChI=1S/C10H15N3O2S/c1-13(7-2-3-7)10-5-4-8(6-9(10)11)16(12,14)15/h4-7H,2-3,11H2,1H3,(H2,12,14,15). The lowest BCUT2D eigenvalue weighted by Gasteiger charge is -2.20. The summed E-state index contributed by atoms with van der Waals surface area (Å²) in [4.78, 5) is 2.13. The molecule has 6 heteroatoms. The predicted molar refractivity (Wildman–Crippen MR) is 63.7 cm³/mol. The van der Waals surface area contributed by atoms with Crippen molar-refractivity contribution in [2.75, 3.05) is 17.7 Å². The Kier molecular flexibility index (Phi) is 2.55. The molecule has 1 fully saturated rings. The van der Waals surface area contributed by atoms with Gasteiger partial charge < -0.3 is 10.6 Å². The van der Waals surface area contributed by atoms with Gasteiger partial charge in [0, 0.05) is 13.1 Å². The van der Waals surface area contributed by atoms with Crippen LogP contribution in [-0.4, -0.2) is 21.5 Å². The molecule has 0 atom stereocenters. The second-order valence-electron chi connectivity index (χ2n) is 4.11. The second-order valence-corrected chi connectivity index (χ2v) is 5.67. The Balaban J connectivity index is 2.36. The number of sulfonamides is 1. The third-order valence-corrected chi connectivity index (χ3v) is 3.71. The second kappa shape index (κ2) is 3.64. The minimum Gasteiger partial charge on any atom is -0.397 e. The van der Waals surface area contributed by atoms with Crippen LogP contribution in [0, 0.1) is 0 Å². The van der Waals surface area contributed by atoms with Crippen LogP contribution >= 0.6 is 0 Å². The van der Waals surface area contributed by atoms with Crippen molar-refractivity contribution < 1.29 is 8.42 Å². The zero-order chi connectivity index (χ0) is 11.9. The maximum atomic E-state index is 11.1. The van der Waals surface area contributed by atoms with E-state index in [1.807, 2.05) is 7.05 Å². The molecule has 2 rings (SSSR count). The first kappa shape index (κ1) is 11.2. The van der Waals surface area contributed by atoms with Crippen molar-refractivity contribution in [3.05, 3.63) is 18.2 Å². The third kappa shape index (κ3) is 2.12. The van der Waals surface area contributed by atoms with E-state index in [9.17, 15) is 8.42 Å². The van der Waals surface area contributed by atoms with E-state index in [0.717, 1.165) is 18.5 Å². The Morgan fingerprint density at radius 1 is 1.38 bits per heavy atom. The Hall–Kier alpha value is -1.27. The lowest BCUT2D eigenvalue weighted by atomic mass is 10.2. The van der Waals surface area contributed by atoms with Crippen LogP contribution < -0.4 is 15.8 Å². The van der Waals surface area contributed by atoms with Crippen LogP contribution in [0.25, 0.3) is 0 Å². The molecule has 5 nitrogen and oxygen atoms in total.